The summed E-state index contributed by atoms with van der Waals surface area (Å²) in [6, 6.07) is -15.8. The fourth-order valence-electron chi connectivity index (χ4n) is 8.79. The summed E-state index contributed by atoms with van der Waals surface area (Å²) in [5.41, 5.74) is 21.3. The number of nitrogens with two attached hydrogens (primary N) is 4. The number of aliphatic imine (C=N–C) groups is 1. The van der Waals surface area contributed by atoms with E-state index in [0.29, 0.717) is 25.7 Å². The molecule has 0 aromatic rings. The number of carbonyl (C=O) groups is 14. The van der Waals surface area contributed by atoms with Crippen LogP contribution in [0.25, 0.3) is 0 Å². The van der Waals surface area contributed by atoms with E-state index in [9.17, 15) is 87.5 Å². The van der Waals surface area contributed by atoms with Crippen LogP contribution in [0, 0.1) is 17.8 Å². The molecule has 0 radical (unpaired) electrons. The lowest BCUT2D eigenvalue weighted by Gasteiger charge is -2.31. The van der Waals surface area contributed by atoms with Gasteiger partial charge in [-0.2, -0.15) is 12.6 Å². The number of hydrogen-bond acceptors (Lipinski definition) is 20. The van der Waals surface area contributed by atoms with Crippen LogP contribution in [0.2, 0.25) is 0 Å². The number of likely N-dealkylation sites (tertiary alicyclic amines) is 1. The number of carbonyl (C=O) groups excluding carboxylic acids is 13. The second-order valence-corrected chi connectivity index (χ2v) is 22.5. The number of hydrogen-bond donors (Lipinski definition) is 20. The monoisotopic (exact) mass is 1300 g/mol. The molecule has 0 unspecified atom stereocenters. The first-order valence-corrected chi connectivity index (χ1v) is 30.2. The van der Waals surface area contributed by atoms with Crippen LogP contribution in [-0.4, -0.2) is 231 Å². The molecule has 0 aliphatic carbocycles. The Kier molecular flexibility index (Phi) is 35.5. The highest BCUT2D eigenvalue weighted by molar-refractivity contribution is 7.80. The highest BCUT2D eigenvalue weighted by Gasteiger charge is 2.40. The third-order valence-corrected chi connectivity index (χ3v) is 15.3. The summed E-state index contributed by atoms with van der Waals surface area (Å²) in [7, 11) is 0. The molecule has 0 aromatic carbocycles. The Morgan fingerprint density at radius 1 is 0.567 bits per heavy atom. The van der Waals surface area contributed by atoms with Gasteiger partial charge in [-0.15, -0.1) is 0 Å². The Hall–Kier alpha value is -7.96. The van der Waals surface area contributed by atoms with Gasteiger partial charge in [0.25, 0.3) is 0 Å². The average molecular weight is 1300 g/mol. The zero-order valence-corrected chi connectivity index (χ0v) is 53.2. The smallest absolute Gasteiger partial charge is 0.326 e. The van der Waals surface area contributed by atoms with Crippen LogP contribution in [0.15, 0.2) is 4.99 Å². The van der Waals surface area contributed by atoms with E-state index in [2.05, 4.69) is 76.1 Å². The van der Waals surface area contributed by atoms with Crippen LogP contribution in [0.1, 0.15) is 114 Å². The topological polar surface area (TPSA) is 572 Å². The molecule has 13 amide bonds. The van der Waals surface area contributed by atoms with Gasteiger partial charge in [0.2, 0.25) is 76.8 Å². The van der Waals surface area contributed by atoms with E-state index in [-0.39, 0.29) is 44.1 Å². The zero-order chi connectivity index (χ0) is 68.9. The molecule has 16 atom stereocenters. The molecule has 0 spiro atoms. The number of carboxylic acid groups (broad SMARTS) is 1. The van der Waals surface area contributed by atoms with Gasteiger partial charge in [0.05, 0.1) is 44.4 Å². The quantitative estimate of drug-likeness (QED) is 0.0117. The van der Waals surface area contributed by atoms with Crippen LogP contribution in [0.5, 0.6) is 0 Å². The van der Waals surface area contributed by atoms with Crippen LogP contribution in [0.3, 0.4) is 0 Å². The van der Waals surface area contributed by atoms with Crippen molar-refractivity contribution in [2.45, 2.75) is 192 Å². The van der Waals surface area contributed by atoms with Crippen molar-refractivity contribution in [2.24, 2.45) is 45.7 Å². The molecule has 1 fully saturated rings. The molecule has 36 heteroatoms. The second-order valence-electron chi connectivity index (χ2n) is 22.2. The van der Waals surface area contributed by atoms with Crippen LogP contribution >= 0.6 is 12.6 Å². The number of aliphatic hydroxyl groups is 3. The molecule has 0 aromatic heterocycles. The molecule has 1 rings (SSSR count). The molecular weight excluding hydrogens is 1210 g/mol. The minimum Gasteiger partial charge on any atom is -0.480 e. The number of amides is 13. The number of nitrogens with zero attached hydrogens (tertiary/aromatic N) is 2. The molecule has 0 saturated carbocycles. The molecule has 0 bridgehead atoms. The van der Waals surface area contributed by atoms with Crippen LogP contribution in [-0.2, 0) is 67.1 Å². The normalized spacial score (nSPS) is 17.8. The van der Waals surface area contributed by atoms with Gasteiger partial charge in [0, 0.05) is 18.8 Å². The lowest BCUT2D eigenvalue weighted by Crippen LogP contribution is -2.63. The number of thiol groups is 1. The first-order valence-electron chi connectivity index (χ1n) is 29.6. The Morgan fingerprint density at radius 3 is 1.51 bits per heavy atom. The fraction of sp³-hybridized carbons (Fsp3) is 0.722. The summed E-state index contributed by atoms with van der Waals surface area (Å²) >= 11 is 4.23. The minimum absolute atomic E-state index is 0.0709. The second kappa shape index (κ2) is 39.9. The van der Waals surface area contributed by atoms with E-state index in [1.807, 2.05) is 0 Å². The summed E-state index contributed by atoms with van der Waals surface area (Å²) in [4.78, 5) is 189. The lowest BCUT2D eigenvalue weighted by molar-refractivity contribution is -0.143. The molecule has 1 heterocycles. The average Bonchev–Trinajstić information content (AvgIpc) is 3.97. The van der Waals surface area contributed by atoms with E-state index in [4.69, 9.17) is 22.9 Å². The number of aliphatic hydroxyl groups excluding tert-OH is 3. The van der Waals surface area contributed by atoms with Gasteiger partial charge in [0.15, 0.2) is 5.96 Å². The molecule has 1 saturated heterocycles. The van der Waals surface area contributed by atoms with Gasteiger partial charge >= 0.3 is 5.97 Å². The third kappa shape index (κ3) is 26.6. The van der Waals surface area contributed by atoms with Gasteiger partial charge in [0.1, 0.15) is 60.4 Å². The third-order valence-electron chi connectivity index (χ3n) is 14.9. The predicted octanol–water partition coefficient (Wildman–Crippen LogP) is -8.24. The molecule has 23 N–H and O–H groups in total. The fourth-order valence-corrected chi connectivity index (χ4v) is 9.05. The van der Waals surface area contributed by atoms with Gasteiger partial charge in [-0.25, -0.2) is 4.79 Å². The first-order chi connectivity index (χ1) is 42.1. The van der Waals surface area contributed by atoms with Crippen molar-refractivity contribution in [1.82, 2.24) is 63.4 Å². The minimum atomic E-state index is -1.75. The molecule has 1 aliphatic rings. The van der Waals surface area contributed by atoms with E-state index >= 15 is 0 Å². The van der Waals surface area contributed by atoms with Crippen molar-refractivity contribution in [1.29, 1.82) is 0 Å². The van der Waals surface area contributed by atoms with E-state index in [1.54, 1.807) is 41.5 Å². The van der Waals surface area contributed by atoms with Crippen LogP contribution < -0.4 is 81.4 Å². The van der Waals surface area contributed by atoms with Gasteiger partial charge < -0.3 is 107 Å². The van der Waals surface area contributed by atoms with E-state index in [0.717, 1.165) is 0 Å². The number of primary amides is 1. The van der Waals surface area contributed by atoms with Gasteiger partial charge in [-0.1, -0.05) is 60.8 Å². The predicted molar refractivity (Wildman–Crippen MR) is 326 cm³/mol. The summed E-state index contributed by atoms with van der Waals surface area (Å²) in [6.07, 6.45) is -2.15. The number of aliphatic carboxylic acids is 1. The SMILES string of the molecule is CC[C@H](C)[C@H](NC(=O)CNC(=O)[C@@H](NC(=O)[C@@H](N)CC(N)=O)[C@@H](C)O)C(=O)N[C@H](C(=O)N[C@@H](CS)C(=O)N[C@H](C(=O)N[C@H](C(=O)NCC(=O)N1CCC[C@H]1C(=O)N[C@@H](C)C(=O)N[C@@H](CO)C(=O)N[C@@H](CCCN=C(N)N)C(=O)O)[C@@H](C)CC)[C@@H](C)O)[C@@H](C)CC. The number of rotatable bonds is 40. The maximum Gasteiger partial charge on any atom is 0.326 e. The summed E-state index contributed by atoms with van der Waals surface area (Å²) < 4.78 is 0. The summed E-state index contributed by atoms with van der Waals surface area (Å²) in [6.45, 7) is 11.4. The molecule has 90 heavy (non-hydrogen) atoms. The molecular formula is C54H95N17O18S. The van der Waals surface area contributed by atoms with Crippen molar-refractivity contribution in [3.8, 4) is 0 Å². The molecule has 510 valence electrons. The summed E-state index contributed by atoms with van der Waals surface area (Å²) in [5.74, 6) is -15.6. The maximum atomic E-state index is 14.0. The number of carboxylic acids is 1. The molecule has 1 aliphatic heterocycles. The van der Waals surface area contributed by atoms with Crippen molar-refractivity contribution < 1.29 is 87.5 Å². The van der Waals surface area contributed by atoms with Crippen molar-refractivity contribution in [3.05, 3.63) is 0 Å². The highest BCUT2D eigenvalue weighted by atomic mass is 32.1. The highest BCUT2D eigenvalue weighted by Crippen LogP contribution is 2.19. The zero-order valence-electron chi connectivity index (χ0n) is 52.3. The number of guanidine groups is 1. The van der Waals surface area contributed by atoms with Crippen LogP contribution in [0.4, 0.5) is 0 Å². The Morgan fingerprint density at radius 2 is 1.01 bits per heavy atom. The van der Waals surface area contributed by atoms with E-state index in [1.165, 1.54) is 25.7 Å². The standard InChI is InChI=1S/C54H95N17O18S/c1-10-24(4)38(48(83)61-21-37(77)71-18-14-16-34(71)47(82)62-27(7)43(78)64-32(22-72)45(80)63-31(53(88)89)15-13-17-59-54(57)58)67-52(87)42(29(9)74)70-46(81)33(23-90)65-50(85)40(26(6)12-3)68-51(86)39(25(5)11-2)66-36(76)20-60-49(84)41(28(8)73)69-44(79)30(55)19-35(56)75/h24-34,38-42,72-74,90H,10-23,55H2,1-9H3,(H2,56,75)(H,60,84)(H,61,83)(H,62,82)(H,63,80)(H,64,78)(H,65,85)(H,66,76)(H,67,87)(H,68,86)(H,69,79)(H,70,81)(H,88,89)(H4,57,58,59)/t24-,25-,26-,27-,28+,29+,30-,31-,32-,33-,34-,38-,39-,40-,41-,42-/m0/s1. The Bertz CT molecular complexity index is 2540. The Labute approximate surface area is 527 Å². The van der Waals surface area contributed by atoms with Crippen molar-refractivity contribution in [3.63, 3.8) is 0 Å². The Balaban J connectivity index is 3.11. The number of nitrogens with one attached hydrogen (secondary N) is 11. The first kappa shape index (κ1) is 80.1. The molecule has 35 nitrogen and oxygen atoms in total. The van der Waals surface area contributed by atoms with Crippen molar-refractivity contribution >= 4 is 101 Å². The summed E-state index contributed by atoms with van der Waals surface area (Å²) in [5, 5.41) is 66.8. The van der Waals surface area contributed by atoms with E-state index < -0.39 is 205 Å². The van der Waals surface area contributed by atoms with Gasteiger partial charge in [-0.05, 0) is 64.2 Å². The maximum absolute atomic E-state index is 14.0. The van der Waals surface area contributed by atoms with Gasteiger partial charge in [-0.3, -0.25) is 67.3 Å². The largest absolute Gasteiger partial charge is 0.480 e. The lowest BCUT2D eigenvalue weighted by atomic mass is 9.94. The van der Waals surface area contributed by atoms with Crippen molar-refractivity contribution in [2.75, 3.05) is 38.5 Å².